The van der Waals surface area contributed by atoms with Gasteiger partial charge in [-0.2, -0.15) is 0 Å². The molecule has 1 aromatic rings. The van der Waals surface area contributed by atoms with Crippen LogP contribution < -0.4 is 11.3 Å². The van der Waals surface area contributed by atoms with Crippen molar-refractivity contribution in [1.82, 2.24) is 14.5 Å². The second kappa shape index (κ2) is 5.57. The molecule has 2 aliphatic rings. The molecule has 0 radical (unpaired) electrons. The van der Waals surface area contributed by atoms with Gasteiger partial charge < -0.3 is 15.4 Å². The summed E-state index contributed by atoms with van der Waals surface area (Å²) in [6, 6.07) is 1.39. The van der Waals surface area contributed by atoms with Crippen LogP contribution in [0.25, 0.3) is 0 Å². The van der Waals surface area contributed by atoms with E-state index in [4.69, 9.17) is 10.5 Å². The number of carbonyl (C=O) groups excluding carboxylic acids is 1. The van der Waals surface area contributed by atoms with Crippen molar-refractivity contribution in [2.45, 2.75) is 24.9 Å². The summed E-state index contributed by atoms with van der Waals surface area (Å²) >= 11 is 0. The minimum Gasteiger partial charge on any atom is -0.381 e. The second-order valence-electron chi connectivity index (χ2n) is 5.89. The van der Waals surface area contributed by atoms with E-state index in [0.717, 1.165) is 6.42 Å². The van der Waals surface area contributed by atoms with E-state index < -0.39 is 0 Å². The lowest BCUT2D eigenvalue weighted by Crippen LogP contribution is -2.52. The average Bonchev–Trinajstić information content (AvgIpc) is 2.83. The lowest BCUT2D eigenvalue weighted by Gasteiger charge is -2.34. The van der Waals surface area contributed by atoms with Gasteiger partial charge in [0.05, 0.1) is 12.9 Å². The Bertz CT molecular complexity index is 588. The number of rotatable bonds is 3. The largest absolute Gasteiger partial charge is 0.381 e. The van der Waals surface area contributed by atoms with E-state index in [1.807, 2.05) is 0 Å². The first-order chi connectivity index (χ1) is 10.1. The highest BCUT2D eigenvalue weighted by Gasteiger charge is 2.46. The van der Waals surface area contributed by atoms with E-state index >= 15 is 0 Å². The fourth-order valence-corrected chi connectivity index (χ4v) is 3.10. The van der Waals surface area contributed by atoms with Crippen LogP contribution in [0.5, 0.6) is 0 Å². The van der Waals surface area contributed by atoms with Crippen molar-refractivity contribution in [3.05, 3.63) is 28.9 Å². The maximum Gasteiger partial charge on any atom is 0.253 e. The molecule has 21 heavy (non-hydrogen) atoms. The number of amides is 1. The zero-order valence-electron chi connectivity index (χ0n) is 11.9. The number of nitrogens with two attached hydrogens (primary N) is 1. The zero-order chi connectivity index (χ0) is 14.9. The summed E-state index contributed by atoms with van der Waals surface area (Å²) in [5.41, 5.74) is 5.94. The Morgan fingerprint density at radius 2 is 2.43 bits per heavy atom. The molecule has 3 rings (SSSR count). The molecule has 0 bridgehead atoms. The van der Waals surface area contributed by atoms with Gasteiger partial charge in [-0.3, -0.25) is 14.2 Å². The highest BCUT2D eigenvalue weighted by molar-refractivity contribution is 5.76. The van der Waals surface area contributed by atoms with Crippen LogP contribution in [0.2, 0.25) is 0 Å². The number of carbonyl (C=O) groups is 1. The number of fused-ring (bicyclic) bond motifs is 1. The van der Waals surface area contributed by atoms with Crippen LogP contribution in [0.3, 0.4) is 0 Å². The van der Waals surface area contributed by atoms with Crippen LogP contribution in [0.4, 0.5) is 0 Å². The summed E-state index contributed by atoms with van der Waals surface area (Å²) in [6.07, 6.45) is 3.99. The Morgan fingerprint density at radius 1 is 1.57 bits per heavy atom. The number of likely N-dealkylation sites (tertiary alicyclic amines) is 1. The zero-order valence-corrected chi connectivity index (χ0v) is 11.9. The highest BCUT2D eigenvalue weighted by Crippen LogP contribution is 2.32. The molecule has 2 fully saturated rings. The number of hydrogen-bond acceptors (Lipinski definition) is 5. The predicted octanol–water partition coefficient (Wildman–Crippen LogP) is -0.790. The van der Waals surface area contributed by atoms with Gasteiger partial charge in [-0.1, -0.05) is 0 Å². The van der Waals surface area contributed by atoms with Gasteiger partial charge >= 0.3 is 0 Å². The van der Waals surface area contributed by atoms with Crippen LogP contribution in [0, 0.1) is 5.92 Å². The van der Waals surface area contributed by atoms with Crippen molar-refractivity contribution < 1.29 is 9.53 Å². The normalized spacial score (nSPS) is 28.4. The highest BCUT2D eigenvalue weighted by atomic mass is 16.5. The molecule has 0 saturated carbocycles. The molecule has 114 valence electrons. The summed E-state index contributed by atoms with van der Waals surface area (Å²) in [6.45, 7) is 2.88. The van der Waals surface area contributed by atoms with E-state index in [1.54, 1.807) is 4.90 Å². The number of ether oxygens (including phenoxy) is 1. The van der Waals surface area contributed by atoms with Crippen LogP contribution in [-0.2, 0) is 16.1 Å². The van der Waals surface area contributed by atoms with E-state index in [1.165, 1.54) is 23.2 Å². The number of hydrogen-bond donors (Lipinski definition) is 1. The number of nitrogens with zero attached hydrogens (tertiary/aromatic N) is 3. The lowest BCUT2D eigenvalue weighted by molar-refractivity contribution is -0.130. The quantitative estimate of drug-likeness (QED) is 0.788. The minimum atomic E-state index is -0.306. The first kappa shape index (κ1) is 14.2. The Hall–Kier alpha value is -1.73. The molecule has 2 aliphatic heterocycles. The Kier molecular flexibility index (Phi) is 3.77. The third-order valence-electron chi connectivity index (χ3n) is 4.48. The van der Waals surface area contributed by atoms with Gasteiger partial charge in [0.15, 0.2) is 0 Å². The van der Waals surface area contributed by atoms with Crippen molar-refractivity contribution in [2.75, 3.05) is 26.3 Å². The Labute approximate surface area is 122 Å². The topological polar surface area (TPSA) is 90.4 Å². The van der Waals surface area contributed by atoms with Crippen LogP contribution in [0.1, 0.15) is 12.8 Å². The molecule has 0 aliphatic carbocycles. The van der Waals surface area contributed by atoms with Crippen LogP contribution >= 0.6 is 0 Å². The van der Waals surface area contributed by atoms with Crippen molar-refractivity contribution in [3.63, 3.8) is 0 Å². The standard InChI is InChI=1S/C14H20N4O3/c15-14-3-6-21-8-11(14)7-18(9-14)13(20)2-5-17-10-16-4-1-12(17)19/h1,4,10-11H,2-3,5-9,15H2/t11-,14+/m0/s1. The van der Waals surface area contributed by atoms with Gasteiger partial charge in [-0.05, 0) is 6.42 Å². The Balaban J connectivity index is 1.59. The smallest absolute Gasteiger partial charge is 0.253 e. The van der Waals surface area contributed by atoms with Crippen LogP contribution in [0.15, 0.2) is 23.4 Å². The number of aryl methyl sites for hydroxylation is 1. The molecule has 0 aromatic carbocycles. The summed E-state index contributed by atoms with van der Waals surface area (Å²) in [5, 5.41) is 0. The van der Waals surface area contributed by atoms with Crippen molar-refractivity contribution in [2.24, 2.45) is 11.7 Å². The minimum absolute atomic E-state index is 0.0324. The predicted molar refractivity (Wildman–Crippen MR) is 75.5 cm³/mol. The van der Waals surface area contributed by atoms with E-state index in [2.05, 4.69) is 4.98 Å². The molecule has 2 N–H and O–H groups in total. The van der Waals surface area contributed by atoms with Gasteiger partial charge in [0.25, 0.3) is 5.56 Å². The molecule has 7 heteroatoms. The fraction of sp³-hybridized carbons (Fsp3) is 0.643. The van der Waals surface area contributed by atoms with Gasteiger partial charge in [0, 0.05) is 56.4 Å². The molecular weight excluding hydrogens is 272 g/mol. The van der Waals surface area contributed by atoms with E-state index in [0.29, 0.717) is 32.8 Å². The van der Waals surface area contributed by atoms with Crippen molar-refractivity contribution >= 4 is 5.91 Å². The summed E-state index contributed by atoms with van der Waals surface area (Å²) in [5.74, 6) is 0.251. The number of aromatic nitrogens is 2. The van der Waals surface area contributed by atoms with Gasteiger partial charge in [0.2, 0.25) is 5.91 Å². The maximum atomic E-state index is 12.3. The molecule has 2 saturated heterocycles. The lowest BCUT2D eigenvalue weighted by atomic mass is 9.84. The first-order valence-electron chi connectivity index (χ1n) is 7.23. The maximum absolute atomic E-state index is 12.3. The van der Waals surface area contributed by atoms with E-state index in [9.17, 15) is 9.59 Å². The monoisotopic (exact) mass is 292 g/mol. The van der Waals surface area contributed by atoms with Gasteiger partial charge in [0.1, 0.15) is 0 Å². The molecule has 2 atom stereocenters. The molecule has 3 heterocycles. The molecule has 7 nitrogen and oxygen atoms in total. The molecule has 1 aromatic heterocycles. The third kappa shape index (κ3) is 2.84. The van der Waals surface area contributed by atoms with Crippen molar-refractivity contribution in [1.29, 1.82) is 0 Å². The Morgan fingerprint density at radius 3 is 3.19 bits per heavy atom. The summed E-state index contributed by atoms with van der Waals surface area (Å²) < 4.78 is 6.90. The first-order valence-corrected chi connectivity index (χ1v) is 7.23. The van der Waals surface area contributed by atoms with Gasteiger partial charge in [-0.25, -0.2) is 4.98 Å². The van der Waals surface area contributed by atoms with E-state index in [-0.39, 0.29) is 29.3 Å². The molecule has 1 amide bonds. The van der Waals surface area contributed by atoms with Crippen molar-refractivity contribution in [3.8, 4) is 0 Å². The summed E-state index contributed by atoms with van der Waals surface area (Å²) in [7, 11) is 0. The van der Waals surface area contributed by atoms with Gasteiger partial charge in [-0.15, -0.1) is 0 Å². The van der Waals surface area contributed by atoms with Crippen LogP contribution in [-0.4, -0.2) is 52.2 Å². The molecule has 0 unspecified atom stereocenters. The fourth-order valence-electron chi connectivity index (χ4n) is 3.10. The third-order valence-corrected chi connectivity index (χ3v) is 4.48. The average molecular weight is 292 g/mol. The second-order valence-corrected chi connectivity index (χ2v) is 5.89. The molecule has 0 spiro atoms. The molecular formula is C14H20N4O3. The SMILES string of the molecule is N[C@@]12CCOC[C@@H]1CN(C(=O)CCn1cnccc1=O)C2. The summed E-state index contributed by atoms with van der Waals surface area (Å²) in [4.78, 5) is 29.6.